The van der Waals surface area contributed by atoms with Gasteiger partial charge in [0.1, 0.15) is 0 Å². The Morgan fingerprint density at radius 3 is 1.75 bits per heavy atom. The van der Waals surface area contributed by atoms with Crippen molar-refractivity contribution in [3.63, 3.8) is 0 Å². The van der Waals surface area contributed by atoms with Crippen LogP contribution < -0.4 is 0 Å². The Morgan fingerprint density at radius 1 is 0.917 bits per heavy atom. The van der Waals surface area contributed by atoms with Crippen molar-refractivity contribution in [2.24, 2.45) is 0 Å². The first-order valence-corrected chi connectivity index (χ1v) is 8.35. The molecule has 0 radical (unpaired) electrons. The van der Waals surface area contributed by atoms with Gasteiger partial charge in [-0.2, -0.15) is 0 Å². The lowest BCUT2D eigenvalue weighted by molar-refractivity contribution is 0.445. The average molecular weight is 186 g/mol. The van der Waals surface area contributed by atoms with Crippen molar-refractivity contribution in [3.8, 4) is 0 Å². The van der Waals surface area contributed by atoms with Crippen LogP contribution >= 0.6 is 0 Å². The van der Waals surface area contributed by atoms with Gasteiger partial charge in [-0.1, -0.05) is 44.9 Å². The third-order valence-corrected chi connectivity index (χ3v) is 5.68. The van der Waals surface area contributed by atoms with Gasteiger partial charge in [0, 0.05) is 0 Å². The first kappa shape index (κ1) is 10.3. The molecule has 0 heterocycles. The molecule has 0 aromatic rings. The van der Waals surface area contributed by atoms with Gasteiger partial charge in [-0.25, -0.2) is 0 Å². The fraction of sp³-hybridized carbons (Fsp3) is 1.00. The molecule has 2 heteroatoms. The minimum atomic E-state index is -1.81. The summed E-state index contributed by atoms with van der Waals surface area (Å²) in [6.45, 7) is 4.19. The van der Waals surface area contributed by atoms with Gasteiger partial charge in [-0.05, 0) is 18.6 Å². The molecule has 0 aromatic carbocycles. The summed E-state index contributed by atoms with van der Waals surface area (Å²) in [6.07, 6.45) is 9.47. The zero-order chi connectivity index (χ0) is 9.03. The van der Waals surface area contributed by atoms with Crippen molar-refractivity contribution in [1.82, 2.24) is 0 Å². The Kier molecular flexibility index (Phi) is 3.78. The van der Waals surface area contributed by atoms with Crippen molar-refractivity contribution in [1.29, 1.82) is 0 Å². The highest BCUT2D eigenvalue weighted by molar-refractivity contribution is 6.71. The minimum Gasteiger partial charge on any atom is -0.432 e. The first-order chi connectivity index (χ1) is 5.61. The van der Waals surface area contributed by atoms with Crippen molar-refractivity contribution < 1.29 is 4.80 Å². The second-order valence-corrected chi connectivity index (χ2v) is 8.82. The summed E-state index contributed by atoms with van der Waals surface area (Å²) >= 11 is 0. The van der Waals surface area contributed by atoms with Gasteiger partial charge in [0.05, 0.1) is 0 Å². The van der Waals surface area contributed by atoms with Crippen molar-refractivity contribution in [3.05, 3.63) is 0 Å². The van der Waals surface area contributed by atoms with E-state index in [1.165, 1.54) is 44.9 Å². The lowest BCUT2D eigenvalue weighted by Gasteiger charge is -2.28. The van der Waals surface area contributed by atoms with Gasteiger partial charge < -0.3 is 4.80 Å². The molecule has 0 atom stereocenters. The molecule has 1 N–H and O–H groups in total. The fourth-order valence-corrected chi connectivity index (χ4v) is 3.98. The van der Waals surface area contributed by atoms with Crippen LogP contribution in [-0.2, 0) is 0 Å². The van der Waals surface area contributed by atoms with Crippen LogP contribution in [0.4, 0.5) is 0 Å². The molecule has 1 aliphatic rings. The minimum absolute atomic E-state index is 0.679. The molecule has 1 rings (SSSR count). The summed E-state index contributed by atoms with van der Waals surface area (Å²) in [5, 5.41) is 0. The predicted octanol–water partition coefficient (Wildman–Crippen LogP) is 3.30. The van der Waals surface area contributed by atoms with Gasteiger partial charge in [0.15, 0.2) is 8.32 Å². The molecule has 1 nitrogen and oxygen atoms in total. The summed E-state index contributed by atoms with van der Waals surface area (Å²) in [4.78, 5) is 10.00. The number of hydrogen-bond acceptors (Lipinski definition) is 1. The van der Waals surface area contributed by atoms with Gasteiger partial charge in [-0.3, -0.25) is 0 Å². The van der Waals surface area contributed by atoms with E-state index in [0.717, 1.165) is 0 Å². The van der Waals surface area contributed by atoms with Crippen LogP contribution in [-0.4, -0.2) is 13.1 Å². The Morgan fingerprint density at radius 2 is 1.33 bits per heavy atom. The average Bonchev–Trinajstić information content (AvgIpc) is 1.81. The molecular formula is C10H22OSi. The highest BCUT2D eigenvalue weighted by Crippen LogP contribution is 2.33. The Balaban J connectivity index is 2.40. The summed E-state index contributed by atoms with van der Waals surface area (Å²) in [5.41, 5.74) is 0.679. The molecule has 0 saturated heterocycles. The van der Waals surface area contributed by atoms with Gasteiger partial charge >= 0.3 is 0 Å². The Bertz CT molecular complexity index is 120. The SMILES string of the molecule is C[Si](C)(O)C1CCCCCCC1. The van der Waals surface area contributed by atoms with Crippen molar-refractivity contribution in [2.45, 2.75) is 63.6 Å². The van der Waals surface area contributed by atoms with Crippen LogP contribution in [0.15, 0.2) is 0 Å². The van der Waals surface area contributed by atoms with Crippen molar-refractivity contribution >= 4 is 8.32 Å². The first-order valence-electron chi connectivity index (χ1n) is 5.33. The van der Waals surface area contributed by atoms with Crippen LogP contribution in [0.1, 0.15) is 44.9 Å². The van der Waals surface area contributed by atoms with Crippen molar-refractivity contribution in [2.75, 3.05) is 0 Å². The molecule has 1 saturated carbocycles. The number of rotatable bonds is 1. The maximum absolute atomic E-state index is 10.00. The summed E-state index contributed by atoms with van der Waals surface area (Å²) in [5.74, 6) is 0. The molecule has 12 heavy (non-hydrogen) atoms. The zero-order valence-corrected chi connectivity index (χ0v) is 9.47. The standard InChI is InChI=1S/C10H22OSi/c1-12(2,11)10-8-6-4-3-5-7-9-10/h10-11H,3-9H2,1-2H3. The maximum Gasteiger partial charge on any atom is 0.185 e. The third kappa shape index (κ3) is 3.28. The normalized spacial score (nSPS) is 23.2. The van der Waals surface area contributed by atoms with Gasteiger partial charge in [0.25, 0.3) is 0 Å². The molecular weight excluding hydrogens is 164 g/mol. The molecule has 72 valence electrons. The van der Waals surface area contributed by atoms with E-state index in [-0.39, 0.29) is 0 Å². The molecule has 0 amide bonds. The van der Waals surface area contributed by atoms with Gasteiger partial charge in [0.2, 0.25) is 0 Å². The molecule has 0 unspecified atom stereocenters. The van der Waals surface area contributed by atoms with Gasteiger partial charge in [-0.15, -0.1) is 0 Å². The Hall–Kier alpha value is 0.177. The fourth-order valence-electron chi connectivity index (χ4n) is 2.16. The molecule has 0 aliphatic heterocycles. The summed E-state index contributed by atoms with van der Waals surface area (Å²) in [7, 11) is -1.81. The monoisotopic (exact) mass is 186 g/mol. The number of hydrogen-bond donors (Lipinski definition) is 1. The highest BCUT2D eigenvalue weighted by Gasteiger charge is 2.29. The second-order valence-electron chi connectivity index (χ2n) is 4.70. The predicted molar refractivity (Wildman–Crippen MR) is 55.8 cm³/mol. The zero-order valence-electron chi connectivity index (χ0n) is 8.47. The second kappa shape index (κ2) is 4.42. The maximum atomic E-state index is 10.00. The quantitative estimate of drug-likeness (QED) is 0.623. The van der Waals surface area contributed by atoms with E-state index >= 15 is 0 Å². The largest absolute Gasteiger partial charge is 0.432 e. The van der Waals surface area contributed by atoms with E-state index in [1.807, 2.05) is 0 Å². The van der Waals surface area contributed by atoms with E-state index in [2.05, 4.69) is 13.1 Å². The Labute approximate surface area is 77.3 Å². The van der Waals surface area contributed by atoms with E-state index < -0.39 is 8.32 Å². The molecule has 1 aliphatic carbocycles. The molecule has 0 spiro atoms. The van der Waals surface area contributed by atoms with Crippen LogP contribution in [0.5, 0.6) is 0 Å². The molecule has 0 aromatic heterocycles. The molecule has 0 bridgehead atoms. The lowest BCUT2D eigenvalue weighted by atomic mass is 10.0. The van der Waals surface area contributed by atoms with Crippen LogP contribution in [0.2, 0.25) is 18.6 Å². The lowest BCUT2D eigenvalue weighted by Crippen LogP contribution is -2.32. The summed E-state index contributed by atoms with van der Waals surface area (Å²) in [6, 6.07) is 0. The van der Waals surface area contributed by atoms with Crippen LogP contribution in [0, 0.1) is 0 Å². The van der Waals surface area contributed by atoms with E-state index in [0.29, 0.717) is 5.54 Å². The van der Waals surface area contributed by atoms with Crippen LogP contribution in [0.3, 0.4) is 0 Å². The smallest absolute Gasteiger partial charge is 0.185 e. The molecule has 1 fully saturated rings. The summed E-state index contributed by atoms with van der Waals surface area (Å²) < 4.78 is 0. The van der Waals surface area contributed by atoms with E-state index in [1.54, 1.807) is 0 Å². The highest BCUT2D eigenvalue weighted by atomic mass is 28.4. The van der Waals surface area contributed by atoms with E-state index in [4.69, 9.17) is 0 Å². The topological polar surface area (TPSA) is 20.2 Å². The van der Waals surface area contributed by atoms with E-state index in [9.17, 15) is 4.80 Å². The van der Waals surface area contributed by atoms with Crippen LogP contribution in [0.25, 0.3) is 0 Å². The third-order valence-electron chi connectivity index (χ3n) is 3.10.